The van der Waals surface area contributed by atoms with Crippen molar-refractivity contribution in [2.24, 2.45) is 7.05 Å². The zero-order valence-electron chi connectivity index (χ0n) is 15.5. The van der Waals surface area contributed by atoms with Crippen LogP contribution in [-0.2, 0) is 11.8 Å². The van der Waals surface area contributed by atoms with E-state index in [4.69, 9.17) is 9.47 Å². The molecule has 1 atom stereocenters. The summed E-state index contributed by atoms with van der Waals surface area (Å²) in [5.74, 6) is 0.735. The van der Waals surface area contributed by atoms with Crippen LogP contribution in [0.3, 0.4) is 0 Å². The van der Waals surface area contributed by atoms with Crippen LogP contribution in [-0.4, -0.2) is 42.2 Å². The Labute approximate surface area is 162 Å². The standard InChI is InChI=1S/C21H21N3O4/c1-24-15-7-3-2-6-14(15)12-16(24)20(25)22-10-11-23-21(26)19-13-27-17-8-4-5-9-18(17)28-19/h2-9,12,19H,10-11,13H2,1H3,(H,22,25)(H,23,26)/t19-/m1/s1. The molecule has 0 unspecified atom stereocenters. The lowest BCUT2D eigenvalue weighted by molar-refractivity contribution is -0.130. The molecular formula is C21H21N3O4. The Hall–Kier alpha value is -3.48. The second-order valence-corrected chi connectivity index (χ2v) is 6.56. The summed E-state index contributed by atoms with van der Waals surface area (Å²) in [5.41, 5.74) is 1.57. The average Bonchev–Trinajstić information content (AvgIpc) is 3.07. The number of hydrogen-bond donors (Lipinski definition) is 2. The van der Waals surface area contributed by atoms with E-state index >= 15 is 0 Å². The molecule has 0 saturated carbocycles. The molecule has 4 rings (SSSR count). The average molecular weight is 379 g/mol. The van der Waals surface area contributed by atoms with Crippen LogP contribution in [0.25, 0.3) is 10.9 Å². The Morgan fingerprint density at radius 2 is 1.75 bits per heavy atom. The van der Waals surface area contributed by atoms with E-state index in [1.54, 1.807) is 12.1 Å². The van der Waals surface area contributed by atoms with Crippen molar-refractivity contribution in [3.63, 3.8) is 0 Å². The Balaban J connectivity index is 1.27. The summed E-state index contributed by atoms with van der Waals surface area (Å²) in [6.45, 7) is 0.775. The number of carbonyl (C=O) groups is 2. The van der Waals surface area contributed by atoms with Crippen molar-refractivity contribution in [2.45, 2.75) is 6.10 Å². The van der Waals surface area contributed by atoms with E-state index in [1.165, 1.54) is 0 Å². The summed E-state index contributed by atoms with van der Waals surface area (Å²) < 4.78 is 13.1. The molecule has 1 aromatic heterocycles. The highest BCUT2D eigenvalue weighted by atomic mass is 16.6. The van der Waals surface area contributed by atoms with Gasteiger partial charge in [-0.1, -0.05) is 30.3 Å². The number of para-hydroxylation sites is 3. The first-order valence-corrected chi connectivity index (χ1v) is 9.12. The normalized spacial score (nSPS) is 15.2. The fraction of sp³-hybridized carbons (Fsp3) is 0.238. The summed E-state index contributed by atoms with van der Waals surface area (Å²) in [4.78, 5) is 24.7. The van der Waals surface area contributed by atoms with Gasteiger partial charge in [0.2, 0.25) is 6.10 Å². The first kappa shape index (κ1) is 17.9. The monoisotopic (exact) mass is 379 g/mol. The quantitative estimate of drug-likeness (QED) is 0.663. The fourth-order valence-corrected chi connectivity index (χ4v) is 3.22. The molecule has 0 spiro atoms. The van der Waals surface area contributed by atoms with Crippen LogP contribution in [0.5, 0.6) is 11.5 Å². The van der Waals surface area contributed by atoms with Crippen molar-refractivity contribution in [3.05, 3.63) is 60.3 Å². The summed E-state index contributed by atoms with van der Waals surface area (Å²) in [6.07, 6.45) is -0.705. The minimum atomic E-state index is -0.705. The summed E-state index contributed by atoms with van der Waals surface area (Å²) in [7, 11) is 1.86. The second kappa shape index (κ2) is 7.64. The van der Waals surface area contributed by atoms with Gasteiger partial charge in [0.05, 0.1) is 0 Å². The second-order valence-electron chi connectivity index (χ2n) is 6.56. The summed E-state index contributed by atoms with van der Waals surface area (Å²) in [5, 5.41) is 6.61. The maximum absolute atomic E-state index is 12.4. The number of aryl methyl sites for hydroxylation is 1. The van der Waals surface area contributed by atoms with Gasteiger partial charge < -0.3 is 24.7 Å². The van der Waals surface area contributed by atoms with E-state index in [0.717, 1.165) is 10.9 Å². The molecule has 28 heavy (non-hydrogen) atoms. The predicted molar refractivity (Wildman–Crippen MR) is 105 cm³/mol. The minimum Gasteiger partial charge on any atom is -0.485 e. The van der Waals surface area contributed by atoms with Gasteiger partial charge in [0, 0.05) is 31.0 Å². The predicted octanol–water partition coefficient (Wildman–Crippen LogP) is 1.86. The summed E-state index contributed by atoms with van der Waals surface area (Å²) in [6, 6.07) is 16.9. The molecule has 7 nitrogen and oxygen atoms in total. The number of nitrogens with one attached hydrogen (secondary N) is 2. The molecule has 7 heteroatoms. The zero-order valence-corrected chi connectivity index (χ0v) is 15.5. The highest BCUT2D eigenvalue weighted by Crippen LogP contribution is 2.30. The molecule has 3 aromatic rings. The van der Waals surface area contributed by atoms with Crippen LogP contribution < -0.4 is 20.1 Å². The smallest absolute Gasteiger partial charge is 0.267 e. The van der Waals surface area contributed by atoms with Crippen molar-refractivity contribution < 1.29 is 19.1 Å². The highest BCUT2D eigenvalue weighted by Gasteiger charge is 2.26. The van der Waals surface area contributed by atoms with E-state index in [2.05, 4.69) is 10.6 Å². The van der Waals surface area contributed by atoms with E-state index < -0.39 is 6.10 Å². The maximum Gasteiger partial charge on any atom is 0.267 e. The number of rotatable bonds is 5. The van der Waals surface area contributed by atoms with Gasteiger partial charge in [-0.2, -0.15) is 0 Å². The first-order chi connectivity index (χ1) is 13.6. The molecule has 0 fully saturated rings. The van der Waals surface area contributed by atoms with Crippen molar-refractivity contribution in [1.29, 1.82) is 0 Å². The van der Waals surface area contributed by atoms with E-state index in [1.807, 2.05) is 54.1 Å². The third-order valence-electron chi connectivity index (χ3n) is 4.70. The number of benzene rings is 2. The third kappa shape index (κ3) is 3.51. The maximum atomic E-state index is 12.4. The van der Waals surface area contributed by atoms with Crippen LogP contribution >= 0.6 is 0 Å². The van der Waals surface area contributed by atoms with Gasteiger partial charge in [0.15, 0.2) is 11.5 Å². The molecule has 2 amide bonds. The van der Waals surface area contributed by atoms with Crippen molar-refractivity contribution >= 4 is 22.7 Å². The van der Waals surface area contributed by atoms with Gasteiger partial charge in [0.1, 0.15) is 12.3 Å². The Morgan fingerprint density at radius 1 is 1.04 bits per heavy atom. The molecular weight excluding hydrogens is 358 g/mol. The largest absolute Gasteiger partial charge is 0.485 e. The van der Waals surface area contributed by atoms with Crippen LogP contribution in [0, 0.1) is 0 Å². The SMILES string of the molecule is Cn1c(C(=O)NCCNC(=O)[C@H]2COc3ccccc3O2)cc2ccccc21. The fourth-order valence-electron chi connectivity index (χ4n) is 3.22. The molecule has 0 bridgehead atoms. The molecule has 0 radical (unpaired) electrons. The van der Waals surface area contributed by atoms with E-state index in [0.29, 0.717) is 30.3 Å². The Kier molecular flexibility index (Phi) is 4.89. The number of carbonyl (C=O) groups excluding carboxylic acids is 2. The molecule has 144 valence electrons. The first-order valence-electron chi connectivity index (χ1n) is 9.12. The van der Waals surface area contributed by atoms with Gasteiger partial charge in [-0.3, -0.25) is 9.59 Å². The van der Waals surface area contributed by atoms with Crippen molar-refractivity contribution in [2.75, 3.05) is 19.7 Å². The lowest BCUT2D eigenvalue weighted by atomic mass is 10.2. The van der Waals surface area contributed by atoms with Crippen molar-refractivity contribution in [3.8, 4) is 11.5 Å². The van der Waals surface area contributed by atoms with Gasteiger partial charge in [0.25, 0.3) is 11.8 Å². The number of aromatic nitrogens is 1. The molecule has 2 heterocycles. The topological polar surface area (TPSA) is 81.6 Å². The number of fused-ring (bicyclic) bond motifs is 2. The number of amides is 2. The van der Waals surface area contributed by atoms with Crippen LogP contribution in [0.2, 0.25) is 0 Å². The molecule has 2 N–H and O–H groups in total. The number of nitrogens with zero attached hydrogens (tertiary/aromatic N) is 1. The molecule has 0 saturated heterocycles. The van der Waals surface area contributed by atoms with Crippen LogP contribution in [0.15, 0.2) is 54.6 Å². The van der Waals surface area contributed by atoms with Gasteiger partial charge in [-0.25, -0.2) is 0 Å². The van der Waals surface area contributed by atoms with Gasteiger partial charge in [-0.15, -0.1) is 0 Å². The molecule has 1 aliphatic heterocycles. The lowest BCUT2D eigenvalue weighted by Crippen LogP contribution is -2.46. The van der Waals surface area contributed by atoms with E-state index in [-0.39, 0.29) is 18.4 Å². The Bertz CT molecular complexity index is 1030. The van der Waals surface area contributed by atoms with E-state index in [9.17, 15) is 9.59 Å². The summed E-state index contributed by atoms with van der Waals surface area (Å²) >= 11 is 0. The third-order valence-corrected chi connectivity index (χ3v) is 4.70. The number of ether oxygens (including phenoxy) is 2. The van der Waals surface area contributed by atoms with Gasteiger partial charge >= 0.3 is 0 Å². The minimum absolute atomic E-state index is 0.158. The molecule has 0 aliphatic carbocycles. The van der Waals surface area contributed by atoms with Crippen LogP contribution in [0.4, 0.5) is 0 Å². The zero-order chi connectivity index (χ0) is 19.5. The highest BCUT2D eigenvalue weighted by molar-refractivity contribution is 5.98. The number of hydrogen-bond acceptors (Lipinski definition) is 4. The van der Waals surface area contributed by atoms with Crippen LogP contribution in [0.1, 0.15) is 10.5 Å². The molecule has 2 aromatic carbocycles. The Morgan fingerprint density at radius 3 is 2.57 bits per heavy atom. The van der Waals surface area contributed by atoms with Gasteiger partial charge in [-0.05, 0) is 24.3 Å². The van der Waals surface area contributed by atoms with Crippen molar-refractivity contribution in [1.82, 2.24) is 15.2 Å². The lowest BCUT2D eigenvalue weighted by Gasteiger charge is -2.25. The molecule has 1 aliphatic rings.